The molecular formula is C20H21N3O6S2. The van der Waals surface area contributed by atoms with Crippen LogP contribution in [0.25, 0.3) is 0 Å². The molecule has 11 heteroatoms. The van der Waals surface area contributed by atoms with E-state index < -0.39 is 21.8 Å². The Kier molecular flexibility index (Phi) is 6.88. The third-order valence-electron chi connectivity index (χ3n) is 3.97. The van der Waals surface area contributed by atoms with Gasteiger partial charge in [0.15, 0.2) is 9.84 Å². The Balaban J connectivity index is 1.88. The first-order valence-electron chi connectivity index (χ1n) is 9.16. The largest absolute Gasteiger partial charge is 0.488 e. The fraction of sp³-hybridized carbons (Fsp3) is 0.250. The van der Waals surface area contributed by atoms with Crippen molar-refractivity contribution in [2.24, 2.45) is 0 Å². The van der Waals surface area contributed by atoms with Crippen molar-refractivity contribution in [3.05, 3.63) is 53.9 Å². The molecule has 0 fully saturated rings. The monoisotopic (exact) mass is 463 g/mol. The van der Waals surface area contributed by atoms with E-state index in [2.05, 4.69) is 14.7 Å². The van der Waals surface area contributed by atoms with Gasteiger partial charge in [0.1, 0.15) is 29.2 Å². The molecule has 0 bridgehead atoms. The third kappa shape index (κ3) is 6.23. The normalized spacial score (nSPS) is 12.3. The molecule has 0 radical (unpaired) electrons. The zero-order valence-electron chi connectivity index (χ0n) is 17.0. The summed E-state index contributed by atoms with van der Waals surface area (Å²) in [6, 6.07) is 10.5. The number of aromatic nitrogens is 2. The van der Waals surface area contributed by atoms with Crippen LogP contribution in [0.1, 0.15) is 23.1 Å². The number of benzene rings is 2. The first kappa shape index (κ1) is 22.7. The van der Waals surface area contributed by atoms with Crippen LogP contribution in [0.15, 0.2) is 47.4 Å². The Bertz CT molecular complexity index is 1180. The maximum atomic E-state index is 12.7. The lowest BCUT2D eigenvalue weighted by Crippen LogP contribution is -2.17. The fourth-order valence-corrected chi connectivity index (χ4v) is 3.71. The van der Waals surface area contributed by atoms with Gasteiger partial charge in [-0.15, -0.1) is 0 Å². The zero-order valence-corrected chi connectivity index (χ0v) is 18.7. The molecule has 0 saturated carbocycles. The SMILES string of the molecule is Cc1nsc(NC(=O)c2cc(Oc3ccc(S(C)(=O)=O)cc3)cc(O[C@@H](C)CO)c2)n1. The van der Waals surface area contributed by atoms with E-state index in [9.17, 15) is 18.3 Å². The Morgan fingerprint density at radius 1 is 1.16 bits per heavy atom. The number of amides is 1. The molecule has 164 valence electrons. The molecule has 0 aliphatic rings. The highest BCUT2D eigenvalue weighted by Gasteiger charge is 2.15. The summed E-state index contributed by atoms with van der Waals surface area (Å²) in [4.78, 5) is 17.0. The van der Waals surface area contributed by atoms with E-state index in [0.717, 1.165) is 17.8 Å². The van der Waals surface area contributed by atoms with E-state index in [0.29, 0.717) is 28.2 Å². The van der Waals surface area contributed by atoms with Crippen molar-refractivity contribution in [3.63, 3.8) is 0 Å². The number of nitrogens with one attached hydrogen (secondary N) is 1. The van der Waals surface area contributed by atoms with Crippen LogP contribution in [0.2, 0.25) is 0 Å². The summed E-state index contributed by atoms with van der Waals surface area (Å²) in [6.45, 7) is 3.20. The van der Waals surface area contributed by atoms with Gasteiger partial charge in [-0.25, -0.2) is 13.4 Å². The van der Waals surface area contributed by atoms with Gasteiger partial charge < -0.3 is 14.6 Å². The number of aliphatic hydroxyl groups is 1. The van der Waals surface area contributed by atoms with Crippen LogP contribution in [-0.4, -0.2) is 47.8 Å². The van der Waals surface area contributed by atoms with Gasteiger partial charge in [-0.1, -0.05) is 0 Å². The number of hydrogen-bond donors (Lipinski definition) is 2. The Morgan fingerprint density at radius 2 is 1.84 bits per heavy atom. The second kappa shape index (κ2) is 9.41. The summed E-state index contributed by atoms with van der Waals surface area (Å²) in [5, 5.41) is 12.3. The van der Waals surface area contributed by atoms with Crippen molar-refractivity contribution in [3.8, 4) is 17.2 Å². The number of anilines is 1. The van der Waals surface area contributed by atoms with Crippen LogP contribution >= 0.6 is 11.5 Å². The molecule has 1 amide bonds. The number of sulfone groups is 1. The van der Waals surface area contributed by atoms with Gasteiger partial charge >= 0.3 is 0 Å². The van der Waals surface area contributed by atoms with E-state index in [1.54, 1.807) is 19.9 Å². The van der Waals surface area contributed by atoms with Crippen molar-refractivity contribution in [2.45, 2.75) is 24.8 Å². The summed E-state index contributed by atoms with van der Waals surface area (Å²) < 4.78 is 38.7. The van der Waals surface area contributed by atoms with Crippen molar-refractivity contribution < 1.29 is 27.8 Å². The molecule has 1 atom stereocenters. The topological polar surface area (TPSA) is 128 Å². The molecule has 0 aliphatic heterocycles. The molecule has 1 aromatic heterocycles. The van der Waals surface area contributed by atoms with E-state index in [1.165, 1.54) is 36.4 Å². The molecule has 0 aliphatic carbocycles. The van der Waals surface area contributed by atoms with Gasteiger partial charge in [0.05, 0.1) is 11.5 Å². The van der Waals surface area contributed by atoms with Gasteiger partial charge in [0, 0.05) is 29.4 Å². The summed E-state index contributed by atoms with van der Waals surface area (Å²) in [5.74, 6) is 1.12. The van der Waals surface area contributed by atoms with Crippen LogP contribution in [0.3, 0.4) is 0 Å². The molecule has 0 saturated heterocycles. The lowest BCUT2D eigenvalue weighted by molar-refractivity contribution is 0.102. The van der Waals surface area contributed by atoms with Gasteiger partial charge in [-0.3, -0.25) is 10.1 Å². The van der Waals surface area contributed by atoms with Gasteiger partial charge in [-0.2, -0.15) is 4.37 Å². The molecule has 9 nitrogen and oxygen atoms in total. The smallest absolute Gasteiger partial charge is 0.257 e. The summed E-state index contributed by atoms with van der Waals surface area (Å²) in [7, 11) is -3.32. The van der Waals surface area contributed by atoms with E-state index in [-0.39, 0.29) is 17.1 Å². The van der Waals surface area contributed by atoms with Crippen LogP contribution < -0.4 is 14.8 Å². The lowest BCUT2D eigenvalue weighted by Gasteiger charge is -2.15. The number of aliphatic hydroxyl groups excluding tert-OH is 1. The third-order valence-corrected chi connectivity index (χ3v) is 5.82. The minimum absolute atomic E-state index is 0.168. The number of carbonyl (C=O) groups excluding carboxylic acids is 1. The number of aryl methyl sites for hydroxylation is 1. The van der Waals surface area contributed by atoms with Crippen LogP contribution in [0.5, 0.6) is 17.2 Å². The lowest BCUT2D eigenvalue weighted by atomic mass is 10.2. The van der Waals surface area contributed by atoms with Crippen molar-refractivity contribution >= 4 is 32.4 Å². The molecule has 2 aromatic carbocycles. The Labute approximate surface area is 183 Å². The van der Waals surface area contributed by atoms with Gasteiger partial charge in [-0.05, 0) is 50.2 Å². The molecular weight excluding hydrogens is 442 g/mol. The predicted molar refractivity (Wildman–Crippen MR) is 116 cm³/mol. The number of carbonyl (C=O) groups is 1. The van der Waals surface area contributed by atoms with Crippen molar-refractivity contribution in [1.29, 1.82) is 0 Å². The summed E-state index contributed by atoms with van der Waals surface area (Å²) in [6.07, 6.45) is 0.627. The van der Waals surface area contributed by atoms with E-state index >= 15 is 0 Å². The Hall–Kier alpha value is -3.02. The maximum absolute atomic E-state index is 12.7. The van der Waals surface area contributed by atoms with E-state index in [1.807, 2.05) is 0 Å². The highest BCUT2D eigenvalue weighted by Crippen LogP contribution is 2.29. The number of hydrogen-bond acceptors (Lipinski definition) is 9. The Morgan fingerprint density at radius 3 is 2.42 bits per heavy atom. The van der Waals surface area contributed by atoms with E-state index in [4.69, 9.17) is 9.47 Å². The number of nitrogens with zero attached hydrogens (tertiary/aromatic N) is 2. The first-order valence-corrected chi connectivity index (χ1v) is 11.8. The predicted octanol–water partition coefficient (Wildman–Crippen LogP) is 3.05. The van der Waals surface area contributed by atoms with Gasteiger partial charge in [0.2, 0.25) is 5.13 Å². The zero-order chi connectivity index (χ0) is 22.6. The number of ether oxygens (including phenoxy) is 2. The fourth-order valence-electron chi connectivity index (χ4n) is 2.51. The molecule has 1 heterocycles. The minimum Gasteiger partial charge on any atom is -0.488 e. The molecule has 0 spiro atoms. The van der Waals surface area contributed by atoms with Crippen LogP contribution in [-0.2, 0) is 9.84 Å². The quantitative estimate of drug-likeness (QED) is 0.522. The van der Waals surface area contributed by atoms with Crippen LogP contribution in [0.4, 0.5) is 5.13 Å². The molecule has 31 heavy (non-hydrogen) atoms. The second-order valence-corrected chi connectivity index (χ2v) is 9.52. The van der Waals surface area contributed by atoms with Crippen molar-refractivity contribution in [2.75, 3.05) is 18.2 Å². The second-order valence-electron chi connectivity index (χ2n) is 6.75. The van der Waals surface area contributed by atoms with Crippen molar-refractivity contribution in [1.82, 2.24) is 9.36 Å². The summed E-state index contributed by atoms with van der Waals surface area (Å²) in [5.41, 5.74) is 0.248. The minimum atomic E-state index is -3.32. The summed E-state index contributed by atoms with van der Waals surface area (Å²) >= 11 is 1.06. The first-order chi connectivity index (χ1) is 14.6. The average molecular weight is 464 g/mol. The standard InChI is InChI=1S/C20H21N3O6S2/c1-12(11-24)28-16-8-14(19(25)22-20-21-13(2)23-30-20)9-17(10-16)29-15-4-6-18(7-5-15)31(3,26)27/h4-10,12,24H,11H2,1-3H3,(H,21,22,23,25)/t12-/m0/s1. The number of rotatable bonds is 8. The molecule has 3 aromatic rings. The maximum Gasteiger partial charge on any atom is 0.257 e. The van der Waals surface area contributed by atoms with Gasteiger partial charge in [0.25, 0.3) is 5.91 Å². The highest BCUT2D eigenvalue weighted by molar-refractivity contribution is 7.90. The molecule has 3 rings (SSSR count). The molecule has 2 N–H and O–H groups in total. The highest BCUT2D eigenvalue weighted by atomic mass is 32.2. The average Bonchev–Trinajstić information content (AvgIpc) is 3.12. The van der Waals surface area contributed by atoms with Crippen LogP contribution in [0, 0.1) is 6.92 Å². The molecule has 0 unspecified atom stereocenters.